The van der Waals surface area contributed by atoms with Crippen LogP contribution in [0.1, 0.15) is 18.4 Å². The van der Waals surface area contributed by atoms with Gasteiger partial charge in [-0.25, -0.2) is 4.39 Å². The highest BCUT2D eigenvalue weighted by atomic mass is 19.1. The molecule has 1 saturated heterocycles. The van der Waals surface area contributed by atoms with E-state index in [1.54, 1.807) is 12.3 Å². The number of hydrogen-bond donors (Lipinski definition) is 0. The zero-order valence-corrected chi connectivity index (χ0v) is 11.0. The number of halogens is 1. The smallest absolute Gasteiger partial charge is 0.143 e. The molecule has 0 radical (unpaired) electrons. The number of aromatic nitrogens is 2. The molecule has 0 bridgehead atoms. The third-order valence-corrected chi connectivity index (χ3v) is 3.75. The molecule has 0 N–H and O–H groups in total. The second kappa shape index (κ2) is 5.33. The van der Waals surface area contributed by atoms with Crippen molar-refractivity contribution in [3.63, 3.8) is 0 Å². The van der Waals surface area contributed by atoms with Crippen LogP contribution in [0.25, 0.3) is 0 Å². The lowest BCUT2D eigenvalue weighted by atomic mass is 10.1. The Balaban J connectivity index is 1.89. The van der Waals surface area contributed by atoms with Gasteiger partial charge >= 0.3 is 0 Å². The normalized spacial score (nSPS) is 18.2. The molecule has 2 aromatic rings. The predicted octanol–water partition coefficient (Wildman–Crippen LogP) is 2.56. The minimum Gasteiger partial charge on any atom is -0.366 e. The van der Waals surface area contributed by atoms with Crippen molar-refractivity contribution in [3.05, 3.63) is 48.0 Å². The fourth-order valence-corrected chi connectivity index (χ4v) is 2.83. The Hall–Kier alpha value is -2.35. The van der Waals surface area contributed by atoms with Gasteiger partial charge in [-0.1, -0.05) is 6.07 Å². The SMILES string of the molecule is N#Cc1c(F)cccc1N1CCCC1Cn1cccn1. The molecule has 1 unspecified atom stereocenters. The van der Waals surface area contributed by atoms with Gasteiger partial charge in [-0.3, -0.25) is 4.68 Å². The molecular weight excluding hydrogens is 255 g/mol. The van der Waals surface area contributed by atoms with E-state index in [4.69, 9.17) is 5.26 Å². The molecule has 102 valence electrons. The van der Waals surface area contributed by atoms with Crippen LogP contribution >= 0.6 is 0 Å². The molecule has 1 atom stereocenters. The summed E-state index contributed by atoms with van der Waals surface area (Å²) in [6, 6.07) is 8.94. The van der Waals surface area contributed by atoms with Gasteiger partial charge in [0.25, 0.3) is 0 Å². The summed E-state index contributed by atoms with van der Waals surface area (Å²) in [5.74, 6) is -0.449. The Kier molecular flexibility index (Phi) is 3.38. The maximum atomic E-state index is 13.7. The molecule has 0 aliphatic carbocycles. The van der Waals surface area contributed by atoms with Crippen LogP contribution in [0.2, 0.25) is 0 Å². The second-order valence-electron chi connectivity index (χ2n) is 4.96. The minimum atomic E-state index is -0.449. The number of nitriles is 1. The lowest BCUT2D eigenvalue weighted by Crippen LogP contribution is -2.33. The lowest BCUT2D eigenvalue weighted by Gasteiger charge is -2.27. The Bertz CT molecular complexity index is 630. The van der Waals surface area contributed by atoms with E-state index in [1.165, 1.54) is 6.07 Å². The van der Waals surface area contributed by atoms with Crippen LogP contribution in [-0.4, -0.2) is 22.4 Å². The first kappa shape index (κ1) is 12.7. The first-order valence-electron chi connectivity index (χ1n) is 6.72. The van der Waals surface area contributed by atoms with Crippen molar-refractivity contribution < 1.29 is 4.39 Å². The van der Waals surface area contributed by atoms with Gasteiger partial charge in [0.2, 0.25) is 0 Å². The molecule has 4 nitrogen and oxygen atoms in total. The van der Waals surface area contributed by atoms with Gasteiger partial charge in [0.1, 0.15) is 17.4 Å². The Morgan fingerprint density at radius 3 is 3.05 bits per heavy atom. The Morgan fingerprint density at radius 1 is 1.40 bits per heavy atom. The number of rotatable bonds is 3. The van der Waals surface area contributed by atoms with Crippen molar-refractivity contribution in [1.82, 2.24) is 9.78 Å². The van der Waals surface area contributed by atoms with Crippen LogP contribution in [0, 0.1) is 17.1 Å². The van der Waals surface area contributed by atoms with Crippen LogP contribution in [0.4, 0.5) is 10.1 Å². The third-order valence-electron chi connectivity index (χ3n) is 3.75. The molecule has 2 heterocycles. The van der Waals surface area contributed by atoms with Crippen LogP contribution in [0.15, 0.2) is 36.7 Å². The summed E-state index contributed by atoms with van der Waals surface area (Å²) in [4.78, 5) is 2.13. The van der Waals surface area contributed by atoms with E-state index < -0.39 is 5.82 Å². The average Bonchev–Trinajstić information content (AvgIpc) is 3.10. The minimum absolute atomic E-state index is 0.139. The maximum absolute atomic E-state index is 13.7. The van der Waals surface area contributed by atoms with E-state index in [0.717, 1.165) is 25.9 Å². The molecule has 1 aliphatic heterocycles. The van der Waals surface area contributed by atoms with Crippen LogP contribution in [0.3, 0.4) is 0 Å². The zero-order chi connectivity index (χ0) is 13.9. The van der Waals surface area contributed by atoms with E-state index in [1.807, 2.05) is 29.1 Å². The standard InChI is InChI=1S/C15H15FN4/c16-14-5-1-6-15(13(14)10-17)20-9-2-4-12(20)11-19-8-3-7-18-19/h1,3,5-8,12H,2,4,9,11H2. The monoisotopic (exact) mass is 270 g/mol. The van der Waals surface area contributed by atoms with Crippen LogP contribution < -0.4 is 4.90 Å². The number of anilines is 1. The predicted molar refractivity (Wildman–Crippen MR) is 73.7 cm³/mol. The van der Waals surface area contributed by atoms with Crippen molar-refractivity contribution in [3.8, 4) is 6.07 Å². The average molecular weight is 270 g/mol. The molecule has 3 rings (SSSR count). The highest BCUT2D eigenvalue weighted by Crippen LogP contribution is 2.30. The van der Waals surface area contributed by atoms with E-state index in [2.05, 4.69) is 10.00 Å². The van der Waals surface area contributed by atoms with Crippen molar-refractivity contribution in [1.29, 1.82) is 5.26 Å². The number of benzene rings is 1. The Morgan fingerprint density at radius 2 is 2.30 bits per heavy atom. The van der Waals surface area contributed by atoms with Crippen molar-refractivity contribution in [2.75, 3.05) is 11.4 Å². The first-order valence-corrected chi connectivity index (χ1v) is 6.72. The van der Waals surface area contributed by atoms with Gasteiger partial charge in [0.15, 0.2) is 0 Å². The number of hydrogen-bond acceptors (Lipinski definition) is 3. The van der Waals surface area contributed by atoms with Gasteiger partial charge in [-0.2, -0.15) is 10.4 Å². The molecule has 1 fully saturated rings. The fraction of sp³-hybridized carbons (Fsp3) is 0.333. The molecule has 0 amide bonds. The molecule has 5 heteroatoms. The van der Waals surface area contributed by atoms with Gasteiger partial charge < -0.3 is 4.90 Å². The largest absolute Gasteiger partial charge is 0.366 e. The molecule has 0 spiro atoms. The summed E-state index contributed by atoms with van der Waals surface area (Å²) >= 11 is 0. The van der Waals surface area contributed by atoms with Gasteiger partial charge in [-0.15, -0.1) is 0 Å². The van der Waals surface area contributed by atoms with E-state index in [0.29, 0.717) is 5.69 Å². The molecule has 1 aliphatic rings. The summed E-state index contributed by atoms with van der Waals surface area (Å²) in [5, 5.41) is 13.4. The summed E-state index contributed by atoms with van der Waals surface area (Å²) < 4.78 is 15.6. The van der Waals surface area contributed by atoms with Gasteiger partial charge in [0.05, 0.1) is 12.2 Å². The summed E-state index contributed by atoms with van der Waals surface area (Å²) in [6.07, 6.45) is 5.75. The van der Waals surface area contributed by atoms with Crippen molar-refractivity contribution >= 4 is 5.69 Å². The highest BCUT2D eigenvalue weighted by Gasteiger charge is 2.27. The first-order chi connectivity index (χ1) is 9.79. The van der Waals surface area contributed by atoms with Crippen molar-refractivity contribution in [2.45, 2.75) is 25.4 Å². The van der Waals surface area contributed by atoms with E-state index in [-0.39, 0.29) is 11.6 Å². The topological polar surface area (TPSA) is 44.9 Å². The second-order valence-corrected chi connectivity index (χ2v) is 4.96. The molecular formula is C15H15FN4. The third kappa shape index (κ3) is 2.25. The van der Waals surface area contributed by atoms with Crippen LogP contribution in [-0.2, 0) is 6.54 Å². The van der Waals surface area contributed by atoms with Gasteiger partial charge in [0, 0.05) is 25.0 Å². The van der Waals surface area contributed by atoms with Gasteiger partial charge in [-0.05, 0) is 31.0 Å². The lowest BCUT2D eigenvalue weighted by molar-refractivity contribution is 0.508. The Labute approximate surface area is 117 Å². The van der Waals surface area contributed by atoms with E-state index >= 15 is 0 Å². The fourth-order valence-electron chi connectivity index (χ4n) is 2.83. The molecule has 0 saturated carbocycles. The maximum Gasteiger partial charge on any atom is 0.143 e. The highest BCUT2D eigenvalue weighted by molar-refractivity contribution is 5.61. The number of nitrogens with zero attached hydrogens (tertiary/aromatic N) is 4. The summed E-state index contributed by atoms with van der Waals surface area (Å²) in [6.45, 7) is 1.61. The summed E-state index contributed by atoms with van der Waals surface area (Å²) in [5.41, 5.74) is 0.835. The van der Waals surface area contributed by atoms with Crippen LogP contribution in [0.5, 0.6) is 0 Å². The van der Waals surface area contributed by atoms with E-state index in [9.17, 15) is 4.39 Å². The molecule has 20 heavy (non-hydrogen) atoms. The van der Waals surface area contributed by atoms with Crippen molar-refractivity contribution in [2.24, 2.45) is 0 Å². The molecule has 1 aromatic heterocycles. The quantitative estimate of drug-likeness (QED) is 0.861. The zero-order valence-electron chi connectivity index (χ0n) is 11.0. The molecule has 1 aromatic carbocycles. The summed E-state index contributed by atoms with van der Waals surface area (Å²) in [7, 11) is 0.